The lowest BCUT2D eigenvalue weighted by atomic mass is 9.97. The molecule has 0 aromatic rings. The first-order chi connectivity index (χ1) is 4.06. The molecule has 0 saturated heterocycles. The maximum Gasteiger partial charge on any atom is 0.0277 e. The summed E-state index contributed by atoms with van der Waals surface area (Å²) < 4.78 is 0. The fourth-order valence-electron chi connectivity index (χ4n) is 0.418. The quantitative estimate of drug-likeness (QED) is 0.477. The van der Waals surface area contributed by atoms with Crippen molar-refractivity contribution in [3.05, 3.63) is 12.2 Å². The number of aliphatic imine (C=N–C) groups is 1. The zero-order chi connectivity index (χ0) is 7.33. The molecule has 0 aromatic heterocycles. The van der Waals surface area contributed by atoms with Crippen molar-refractivity contribution in [3.63, 3.8) is 0 Å². The van der Waals surface area contributed by atoms with Gasteiger partial charge in [0.05, 0.1) is 0 Å². The Balaban J connectivity index is 3.71. The maximum atomic E-state index is 3.83. The minimum atomic E-state index is 0.279. The SMILES string of the molecule is C/N=C\C=C/C(C)(C)C. The van der Waals surface area contributed by atoms with E-state index in [1.54, 1.807) is 13.3 Å². The Bertz CT molecular complexity index is 115. The van der Waals surface area contributed by atoms with Gasteiger partial charge < -0.3 is 0 Å². The number of nitrogens with zero attached hydrogens (tertiary/aromatic N) is 1. The Kier molecular flexibility index (Phi) is 3.21. The molecule has 0 aliphatic rings. The average molecular weight is 125 g/mol. The van der Waals surface area contributed by atoms with E-state index in [2.05, 4.69) is 31.8 Å². The van der Waals surface area contributed by atoms with Crippen molar-refractivity contribution in [3.8, 4) is 0 Å². The monoisotopic (exact) mass is 125 g/mol. The molecule has 0 aliphatic heterocycles. The van der Waals surface area contributed by atoms with Crippen molar-refractivity contribution in [2.75, 3.05) is 7.05 Å². The van der Waals surface area contributed by atoms with Gasteiger partial charge in [-0.2, -0.15) is 0 Å². The van der Waals surface area contributed by atoms with Crippen molar-refractivity contribution in [1.29, 1.82) is 0 Å². The second-order valence-electron chi connectivity index (χ2n) is 3.13. The minimum absolute atomic E-state index is 0.279. The maximum absolute atomic E-state index is 3.83. The van der Waals surface area contributed by atoms with Gasteiger partial charge >= 0.3 is 0 Å². The standard InChI is InChI=1S/C8H15N/c1-8(2,3)6-5-7-9-4/h5-7H,1-4H3/b6-5-,9-7-. The van der Waals surface area contributed by atoms with Crippen molar-refractivity contribution >= 4 is 6.21 Å². The molecule has 52 valence electrons. The summed E-state index contributed by atoms with van der Waals surface area (Å²) in [4.78, 5) is 3.83. The van der Waals surface area contributed by atoms with E-state index >= 15 is 0 Å². The normalized spacial score (nSPS) is 13.8. The van der Waals surface area contributed by atoms with Crippen molar-refractivity contribution in [1.82, 2.24) is 0 Å². The first-order valence-electron chi connectivity index (χ1n) is 3.16. The van der Waals surface area contributed by atoms with E-state index < -0.39 is 0 Å². The molecule has 0 spiro atoms. The number of rotatable bonds is 1. The molecule has 0 aromatic carbocycles. The highest BCUT2D eigenvalue weighted by atomic mass is 14.6. The van der Waals surface area contributed by atoms with E-state index in [0.717, 1.165) is 0 Å². The Hall–Kier alpha value is -0.590. The summed E-state index contributed by atoms with van der Waals surface area (Å²) in [6.07, 6.45) is 5.89. The first-order valence-corrected chi connectivity index (χ1v) is 3.16. The van der Waals surface area contributed by atoms with E-state index in [4.69, 9.17) is 0 Å². The zero-order valence-electron chi connectivity index (χ0n) is 6.68. The lowest BCUT2D eigenvalue weighted by molar-refractivity contribution is 0.545. The van der Waals surface area contributed by atoms with Gasteiger partial charge in [-0.1, -0.05) is 26.8 Å². The molecule has 0 fully saturated rings. The van der Waals surface area contributed by atoms with Crippen molar-refractivity contribution in [2.24, 2.45) is 10.4 Å². The fraction of sp³-hybridized carbons (Fsp3) is 0.625. The summed E-state index contributed by atoms with van der Waals surface area (Å²) in [6, 6.07) is 0. The van der Waals surface area contributed by atoms with E-state index in [9.17, 15) is 0 Å². The summed E-state index contributed by atoms with van der Waals surface area (Å²) in [6.45, 7) is 6.48. The summed E-state index contributed by atoms with van der Waals surface area (Å²) in [5.41, 5.74) is 0.279. The average Bonchev–Trinajstić information content (AvgIpc) is 1.63. The molecule has 0 rings (SSSR count). The molecule has 0 saturated carbocycles. The van der Waals surface area contributed by atoms with Crippen LogP contribution >= 0.6 is 0 Å². The molecule has 1 heteroatoms. The van der Waals surface area contributed by atoms with Crippen LogP contribution in [0.1, 0.15) is 20.8 Å². The van der Waals surface area contributed by atoms with E-state index in [1.807, 2.05) is 6.08 Å². The third-order valence-electron chi connectivity index (χ3n) is 0.831. The Morgan fingerprint density at radius 2 is 1.78 bits per heavy atom. The third kappa shape index (κ3) is 7.41. The van der Waals surface area contributed by atoms with Crippen LogP contribution in [0.15, 0.2) is 17.1 Å². The summed E-state index contributed by atoms with van der Waals surface area (Å²) in [5, 5.41) is 0. The van der Waals surface area contributed by atoms with Gasteiger partial charge in [0.25, 0.3) is 0 Å². The van der Waals surface area contributed by atoms with Crippen LogP contribution in [-0.2, 0) is 0 Å². The topological polar surface area (TPSA) is 12.4 Å². The molecule has 1 nitrogen and oxygen atoms in total. The predicted molar refractivity (Wildman–Crippen MR) is 43.0 cm³/mol. The molecular formula is C8H15N. The van der Waals surface area contributed by atoms with Gasteiger partial charge in [0.2, 0.25) is 0 Å². The molecule has 0 radical (unpaired) electrons. The summed E-state index contributed by atoms with van der Waals surface area (Å²) in [7, 11) is 1.77. The van der Waals surface area contributed by atoms with Crippen LogP contribution in [-0.4, -0.2) is 13.3 Å². The fourth-order valence-corrected chi connectivity index (χ4v) is 0.418. The van der Waals surface area contributed by atoms with Gasteiger partial charge in [-0.25, -0.2) is 0 Å². The molecule has 0 aliphatic carbocycles. The first kappa shape index (κ1) is 8.41. The van der Waals surface area contributed by atoms with Crippen LogP contribution in [0, 0.1) is 5.41 Å². The number of hydrogen-bond donors (Lipinski definition) is 0. The number of hydrogen-bond acceptors (Lipinski definition) is 1. The molecular weight excluding hydrogens is 110 g/mol. The highest BCUT2D eigenvalue weighted by Crippen LogP contribution is 2.13. The van der Waals surface area contributed by atoms with Crippen LogP contribution < -0.4 is 0 Å². The highest BCUT2D eigenvalue weighted by Gasteiger charge is 2.01. The largest absolute Gasteiger partial charge is 0.297 e. The van der Waals surface area contributed by atoms with Crippen LogP contribution in [0.2, 0.25) is 0 Å². The van der Waals surface area contributed by atoms with E-state index in [1.165, 1.54) is 0 Å². The van der Waals surface area contributed by atoms with Crippen LogP contribution in [0.5, 0.6) is 0 Å². The lowest BCUT2D eigenvalue weighted by Gasteiger charge is -2.09. The van der Waals surface area contributed by atoms with Crippen LogP contribution in [0.3, 0.4) is 0 Å². The molecule has 0 amide bonds. The molecule has 0 atom stereocenters. The number of allylic oxidation sites excluding steroid dienone is 2. The zero-order valence-corrected chi connectivity index (χ0v) is 6.68. The second-order valence-corrected chi connectivity index (χ2v) is 3.13. The molecule has 0 N–H and O–H groups in total. The predicted octanol–water partition coefficient (Wildman–Crippen LogP) is 2.29. The van der Waals surface area contributed by atoms with Gasteiger partial charge in [0.15, 0.2) is 0 Å². The highest BCUT2D eigenvalue weighted by molar-refractivity contribution is 5.70. The second kappa shape index (κ2) is 3.44. The Morgan fingerprint density at radius 3 is 2.11 bits per heavy atom. The smallest absolute Gasteiger partial charge is 0.0277 e. The molecule has 9 heavy (non-hydrogen) atoms. The van der Waals surface area contributed by atoms with Gasteiger partial charge in [0.1, 0.15) is 0 Å². The van der Waals surface area contributed by atoms with Crippen LogP contribution in [0.4, 0.5) is 0 Å². The molecule has 0 unspecified atom stereocenters. The lowest BCUT2D eigenvalue weighted by Crippen LogP contribution is -1.98. The Morgan fingerprint density at radius 1 is 1.22 bits per heavy atom. The van der Waals surface area contributed by atoms with Gasteiger partial charge in [-0.05, 0) is 11.5 Å². The Labute approximate surface area is 57.5 Å². The minimum Gasteiger partial charge on any atom is -0.297 e. The van der Waals surface area contributed by atoms with E-state index in [0.29, 0.717) is 0 Å². The van der Waals surface area contributed by atoms with Crippen LogP contribution in [0.25, 0.3) is 0 Å². The van der Waals surface area contributed by atoms with Crippen molar-refractivity contribution < 1.29 is 0 Å². The summed E-state index contributed by atoms with van der Waals surface area (Å²) >= 11 is 0. The third-order valence-corrected chi connectivity index (χ3v) is 0.831. The van der Waals surface area contributed by atoms with Gasteiger partial charge in [-0.15, -0.1) is 0 Å². The summed E-state index contributed by atoms with van der Waals surface area (Å²) in [5.74, 6) is 0. The molecule has 0 bridgehead atoms. The van der Waals surface area contributed by atoms with Gasteiger partial charge in [-0.3, -0.25) is 4.99 Å². The van der Waals surface area contributed by atoms with Crippen molar-refractivity contribution in [2.45, 2.75) is 20.8 Å². The van der Waals surface area contributed by atoms with E-state index in [-0.39, 0.29) is 5.41 Å². The van der Waals surface area contributed by atoms with Gasteiger partial charge in [0, 0.05) is 13.3 Å². The molecule has 0 heterocycles.